The Morgan fingerprint density at radius 3 is 2.47 bits per heavy atom. The summed E-state index contributed by atoms with van der Waals surface area (Å²) in [4.78, 5) is 3.07. The second-order valence-electron chi connectivity index (χ2n) is 2.53. The molecule has 1 heterocycles. The van der Waals surface area contributed by atoms with Gasteiger partial charge in [-0.25, -0.2) is 4.98 Å². The van der Waals surface area contributed by atoms with E-state index in [1.807, 2.05) is 0 Å². The van der Waals surface area contributed by atoms with Gasteiger partial charge in [0.2, 0.25) is 0 Å². The zero-order chi connectivity index (χ0) is 11.6. The van der Waals surface area contributed by atoms with Gasteiger partial charge in [0.1, 0.15) is 5.75 Å². The van der Waals surface area contributed by atoms with E-state index < -0.39 is 23.7 Å². The third kappa shape index (κ3) is 2.62. The monoisotopic (exact) mass is 224 g/mol. The van der Waals surface area contributed by atoms with Gasteiger partial charge in [0.15, 0.2) is 5.75 Å². The Balaban J connectivity index is 3.11. The molecule has 0 aromatic carbocycles. The first-order valence-corrected chi connectivity index (χ1v) is 3.70. The van der Waals surface area contributed by atoms with Crippen molar-refractivity contribution < 1.29 is 28.1 Å². The fourth-order valence-corrected chi connectivity index (χ4v) is 0.895. The highest BCUT2D eigenvalue weighted by Crippen LogP contribution is 2.35. The van der Waals surface area contributed by atoms with Gasteiger partial charge in [-0.05, 0) is 0 Å². The molecule has 1 aromatic rings. The third-order valence-electron chi connectivity index (χ3n) is 1.52. The van der Waals surface area contributed by atoms with Gasteiger partial charge in [-0.2, -0.15) is 0 Å². The topological polar surface area (TPSA) is 88.6 Å². The lowest BCUT2D eigenvalue weighted by Gasteiger charge is -2.11. The normalized spacial score (nSPS) is 11.5. The van der Waals surface area contributed by atoms with Gasteiger partial charge in [-0.3, -0.25) is 0 Å². The Kier molecular flexibility index (Phi) is 2.89. The molecular weight excluding hydrogens is 217 g/mol. The van der Waals surface area contributed by atoms with E-state index in [0.717, 1.165) is 0 Å². The average molecular weight is 224 g/mol. The van der Waals surface area contributed by atoms with Gasteiger partial charge in [-0.15, -0.1) is 13.2 Å². The molecule has 1 rings (SSSR count). The molecule has 0 aliphatic heterocycles. The maximum atomic E-state index is 11.8. The molecule has 0 fully saturated rings. The smallest absolute Gasteiger partial charge is 0.506 e. The first-order chi connectivity index (χ1) is 6.85. The molecule has 0 aliphatic carbocycles. The van der Waals surface area contributed by atoms with Gasteiger partial charge >= 0.3 is 6.36 Å². The van der Waals surface area contributed by atoms with Crippen molar-refractivity contribution in [1.29, 1.82) is 0 Å². The lowest BCUT2D eigenvalue weighted by Crippen LogP contribution is -2.18. The molecule has 0 saturated carbocycles. The predicted octanol–water partition coefficient (Wildman–Crippen LogP) is 0.850. The summed E-state index contributed by atoms with van der Waals surface area (Å²) in [6.45, 7) is -0.339. The number of hydrogen-bond acceptors (Lipinski definition) is 5. The quantitative estimate of drug-likeness (QED) is 0.693. The fraction of sp³-hybridized carbons (Fsp3) is 0.286. The Bertz CT molecular complexity index is 367. The van der Waals surface area contributed by atoms with E-state index in [4.69, 9.17) is 10.8 Å². The van der Waals surface area contributed by atoms with Crippen molar-refractivity contribution in [1.82, 2.24) is 4.98 Å². The number of nitrogens with zero attached hydrogens (tertiary/aromatic N) is 1. The van der Waals surface area contributed by atoms with Crippen LogP contribution in [-0.4, -0.2) is 21.6 Å². The lowest BCUT2D eigenvalue weighted by molar-refractivity contribution is -0.276. The highest BCUT2D eigenvalue weighted by atomic mass is 19.4. The van der Waals surface area contributed by atoms with Gasteiger partial charge in [-0.1, -0.05) is 0 Å². The molecule has 0 saturated heterocycles. The van der Waals surface area contributed by atoms with E-state index in [2.05, 4.69) is 9.72 Å². The van der Waals surface area contributed by atoms with Crippen LogP contribution in [0, 0.1) is 0 Å². The van der Waals surface area contributed by atoms with Gasteiger partial charge < -0.3 is 20.7 Å². The van der Waals surface area contributed by atoms with Crippen LogP contribution in [0.15, 0.2) is 6.20 Å². The van der Waals surface area contributed by atoms with Crippen molar-refractivity contribution in [3.8, 4) is 17.4 Å². The molecule has 0 bridgehead atoms. The first-order valence-electron chi connectivity index (χ1n) is 3.70. The highest BCUT2D eigenvalue weighted by Gasteiger charge is 2.33. The van der Waals surface area contributed by atoms with Crippen LogP contribution in [0.4, 0.5) is 13.2 Å². The average Bonchev–Trinajstić information content (AvgIpc) is 2.09. The van der Waals surface area contributed by atoms with Crippen LogP contribution in [0.1, 0.15) is 5.56 Å². The van der Waals surface area contributed by atoms with E-state index in [0.29, 0.717) is 6.20 Å². The number of nitrogens with two attached hydrogens (primary N) is 1. The third-order valence-corrected chi connectivity index (χ3v) is 1.52. The zero-order valence-electron chi connectivity index (χ0n) is 7.25. The molecule has 15 heavy (non-hydrogen) atoms. The van der Waals surface area contributed by atoms with E-state index in [1.54, 1.807) is 0 Å². The number of ether oxygens (including phenoxy) is 1. The Morgan fingerprint density at radius 2 is 2.00 bits per heavy atom. The van der Waals surface area contributed by atoms with E-state index >= 15 is 0 Å². The molecule has 0 aliphatic rings. The van der Waals surface area contributed by atoms with Crippen molar-refractivity contribution >= 4 is 0 Å². The minimum Gasteiger partial charge on any atom is -0.506 e. The number of aromatic nitrogens is 1. The summed E-state index contributed by atoms with van der Waals surface area (Å²) in [6, 6.07) is 0. The molecule has 0 radical (unpaired) electrons. The summed E-state index contributed by atoms with van der Waals surface area (Å²) >= 11 is 0. The number of alkyl halides is 3. The molecule has 0 amide bonds. The van der Waals surface area contributed by atoms with Crippen LogP contribution in [0.3, 0.4) is 0 Å². The van der Waals surface area contributed by atoms with Crippen molar-refractivity contribution in [2.45, 2.75) is 12.9 Å². The first kappa shape index (κ1) is 11.4. The van der Waals surface area contributed by atoms with E-state index in [-0.39, 0.29) is 12.1 Å². The largest absolute Gasteiger partial charge is 0.574 e. The molecule has 1 aromatic heterocycles. The number of rotatable bonds is 2. The SMILES string of the molecule is NCc1c(O)cnc(OC(F)(F)F)c1O. The molecule has 0 spiro atoms. The lowest BCUT2D eigenvalue weighted by atomic mass is 10.2. The van der Waals surface area contributed by atoms with Gasteiger partial charge in [0.05, 0.1) is 11.8 Å². The Morgan fingerprint density at radius 1 is 1.40 bits per heavy atom. The van der Waals surface area contributed by atoms with Crippen molar-refractivity contribution in [2.75, 3.05) is 0 Å². The Hall–Kier alpha value is -1.70. The molecular formula is C7H7F3N2O3. The van der Waals surface area contributed by atoms with E-state index in [9.17, 15) is 18.3 Å². The number of hydrogen-bond donors (Lipinski definition) is 3. The maximum absolute atomic E-state index is 11.8. The van der Waals surface area contributed by atoms with Crippen LogP contribution in [0.25, 0.3) is 0 Å². The van der Waals surface area contributed by atoms with E-state index in [1.165, 1.54) is 0 Å². The molecule has 8 heteroatoms. The predicted molar refractivity (Wildman–Crippen MR) is 42.1 cm³/mol. The summed E-state index contributed by atoms with van der Waals surface area (Å²) in [5.74, 6) is -2.46. The maximum Gasteiger partial charge on any atom is 0.574 e. The summed E-state index contributed by atoms with van der Waals surface area (Å²) < 4.78 is 38.8. The molecule has 0 atom stereocenters. The van der Waals surface area contributed by atoms with Crippen LogP contribution < -0.4 is 10.5 Å². The van der Waals surface area contributed by atoms with Crippen molar-refractivity contribution in [2.24, 2.45) is 5.73 Å². The molecule has 84 valence electrons. The minimum atomic E-state index is -4.96. The summed E-state index contributed by atoms with van der Waals surface area (Å²) in [6.07, 6.45) is -4.25. The molecule has 5 nitrogen and oxygen atoms in total. The Labute approximate surface area is 81.9 Å². The summed E-state index contributed by atoms with van der Waals surface area (Å²) in [5, 5.41) is 18.3. The number of pyridine rings is 1. The second kappa shape index (κ2) is 3.81. The van der Waals surface area contributed by atoms with Crippen LogP contribution in [0.2, 0.25) is 0 Å². The van der Waals surface area contributed by atoms with Crippen LogP contribution in [-0.2, 0) is 6.54 Å². The second-order valence-corrected chi connectivity index (χ2v) is 2.53. The molecule has 0 unspecified atom stereocenters. The number of halogens is 3. The zero-order valence-corrected chi connectivity index (χ0v) is 7.25. The highest BCUT2D eigenvalue weighted by molar-refractivity contribution is 5.47. The fourth-order valence-electron chi connectivity index (χ4n) is 0.895. The van der Waals surface area contributed by atoms with Crippen molar-refractivity contribution in [3.63, 3.8) is 0 Å². The van der Waals surface area contributed by atoms with Crippen LogP contribution >= 0.6 is 0 Å². The van der Waals surface area contributed by atoms with Gasteiger partial charge in [0, 0.05) is 6.54 Å². The number of aromatic hydroxyl groups is 2. The standard InChI is InChI=1S/C7H7F3N2O3/c8-7(9,10)15-6-5(14)3(1-11)4(13)2-12-6/h2,13-14H,1,11H2. The summed E-state index contributed by atoms with van der Waals surface area (Å²) in [5.41, 5.74) is 4.84. The minimum absolute atomic E-state index is 0.260. The summed E-state index contributed by atoms with van der Waals surface area (Å²) in [7, 11) is 0. The van der Waals surface area contributed by atoms with Crippen LogP contribution in [0.5, 0.6) is 17.4 Å². The van der Waals surface area contributed by atoms with Gasteiger partial charge in [0.25, 0.3) is 5.88 Å². The molecule has 4 N–H and O–H groups in total. The van der Waals surface area contributed by atoms with Crippen molar-refractivity contribution in [3.05, 3.63) is 11.8 Å².